The van der Waals surface area contributed by atoms with Crippen molar-refractivity contribution in [2.24, 2.45) is 5.73 Å². The molecule has 13 heavy (non-hydrogen) atoms. The van der Waals surface area contributed by atoms with Gasteiger partial charge in [-0.2, -0.15) is 0 Å². The second-order valence-corrected chi connectivity index (χ2v) is 3.03. The molecule has 2 aromatic heterocycles. The summed E-state index contributed by atoms with van der Waals surface area (Å²) in [5.74, 6) is 0.809. The van der Waals surface area contributed by atoms with E-state index in [0.29, 0.717) is 16.5 Å². The van der Waals surface area contributed by atoms with Crippen LogP contribution in [0.4, 0.5) is 0 Å². The summed E-state index contributed by atoms with van der Waals surface area (Å²) in [4.78, 5) is 0. The van der Waals surface area contributed by atoms with Gasteiger partial charge in [0, 0.05) is 0 Å². The highest BCUT2D eigenvalue weighted by Crippen LogP contribution is 2.27. The molecule has 2 aromatic rings. The summed E-state index contributed by atoms with van der Waals surface area (Å²) >= 11 is 3.21. The lowest BCUT2D eigenvalue weighted by Crippen LogP contribution is -1.95. The van der Waals surface area contributed by atoms with Crippen LogP contribution in [-0.4, -0.2) is 10.2 Å². The maximum Gasteiger partial charge on any atom is 0.252 e. The van der Waals surface area contributed by atoms with Crippen LogP contribution in [0, 0.1) is 0 Å². The molecule has 0 fully saturated rings. The number of halogens is 1. The molecule has 0 spiro atoms. The standard InChI is InChI=1S/C7H6BrN3O2/c8-6-4(1-2-12-6)7-11-10-5(3-9)13-7/h1-2H,3,9H2. The second-order valence-electron chi connectivity index (χ2n) is 2.31. The van der Waals surface area contributed by atoms with Gasteiger partial charge in [-0.1, -0.05) is 0 Å². The van der Waals surface area contributed by atoms with Gasteiger partial charge in [-0.3, -0.25) is 0 Å². The van der Waals surface area contributed by atoms with Crippen LogP contribution in [0.5, 0.6) is 0 Å². The van der Waals surface area contributed by atoms with Crippen LogP contribution in [0.2, 0.25) is 0 Å². The zero-order valence-corrected chi connectivity index (χ0v) is 8.11. The minimum absolute atomic E-state index is 0.239. The molecule has 0 unspecified atom stereocenters. The van der Waals surface area contributed by atoms with Crippen LogP contribution in [0.25, 0.3) is 11.5 Å². The van der Waals surface area contributed by atoms with Crippen LogP contribution < -0.4 is 5.73 Å². The molecule has 6 heteroatoms. The molecule has 2 N–H and O–H groups in total. The monoisotopic (exact) mass is 243 g/mol. The summed E-state index contributed by atoms with van der Waals surface area (Å²) in [7, 11) is 0. The Kier molecular flexibility index (Phi) is 2.15. The lowest BCUT2D eigenvalue weighted by Gasteiger charge is -1.87. The van der Waals surface area contributed by atoms with E-state index in [2.05, 4.69) is 26.1 Å². The smallest absolute Gasteiger partial charge is 0.252 e. The SMILES string of the molecule is NCc1nnc(-c2ccoc2Br)o1. The first-order chi connectivity index (χ1) is 6.31. The van der Waals surface area contributed by atoms with Crippen molar-refractivity contribution in [1.82, 2.24) is 10.2 Å². The summed E-state index contributed by atoms with van der Waals surface area (Å²) in [6.45, 7) is 0.239. The van der Waals surface area contributed by atoms with Gasteiger partial charge in [-0.05, 0) is 22.0 Å². The fraction of sp³-hybridized carbons (Fsp3) is 0.143. The Labute approximate surface area is 82.1 Å². The normalized spacial score (nSPS) is 10.6. The molecule has 0 bridgehead atoms. The Morgan fingerprint density at radius 1 is 1.46 bits per heavy atom. The lowest BCUT2D eigenvalue weighted by atomic mass is 10.3. The number of nitrogens with two attached hydrogens (primary N) is 1. The van der Waals surface area contributed by atoms with Crippen LogP contribution in [0.15, 0.2) is 25.8 Å². The summed E-state index contributed by atoms with van der Waals surface area (Å²) in [5, 5.41) is 7.53. The molecule has 0 aromatic carbocycles. The average molecular weight is 244 g/mol. The molecule has 0 radical (unpaired) electrons. The molecule has 5 nitrogen and oxygen atoms in total. The molecular formula is C7H6BrN3O2. The highest BCUT2D eigenvalue weighted by atomic mass is 79.9. The van der Waals surface area contributed by atoms with E-state index >= 15 is 0 Å². The number of rotatable bonds is 2. The van der Waals surface area contributed by atoms with E-state index in [9.17, 15) is 0 Å². The highest BCUT2D eigenvalue weighted by molar-refractivity contribution is 9.10. The molecule has 0 aliphatic rings. The average Bonchev–Trinajstić information content (AvgIpc) is 2.71. The highest BCUT2D eigenvalue weighted by Gasteiger charge is 2.12. The van der Waals surface area contributed by atoms with Gasteiger partial charge < -0.3 is 14.6 Å². The molecule has 0 saturated heterocycles. The van der Waals surface area contributed by atoms with E-state index in [1.807, 2.05) is 0 Å². The number of hydrogen-bond acceptors (Lipinski definition) is 5. The molecule has 2 heterocycles. The third-order valence-corrected chi connectivity index (χ3v) is 2.10. The summed E-state index contributed by atoms with van der Waals surface area (Å²) in [5.41, 5.74) is 6.05. The quantitative estimate of drug-likeness (QED) is 0.866. The Morgan fingerprint density at radius 3 is 2.85 bits per heavy atom. The number of hydrogen-bond donors (Lipinski definition) is 1. The van der Waals surface area contributed by atoms with Crippen LogP contribution in [-0.2, 0) is 6.54 Å². The zero-order valence-electron chi connectivity index (χ0n) is 6.53. The molecule has 0 aliphatic carbocycles. The van der Waals surface area contributed by atoms with E-state index in [1.54, 1.807) is 6.07 Å². The Bertz CT molecular complexity index is 409. The predicted molar refractivity (Wildman–Crippen MR) is 47.6 cm³/mol. The third-order valence-electron chi connectivity index (χ3n) is 1.49. The van der Waals surface area contributed by atoms with E-state index in [0.717, 1.165) is 5.56 Å². The molecule has 0 atom stereocenters. The van der Waals surface area contributed by atoms with Crippen molar-refractivity contribution in [2.45, 2.75) is 6.54 Å². The van der Waals surface area contributed by atoms with Crippen molar-refractivity contribution in [1.29, 1.82) is 0 Å². The van der Waals surface area contributed by atoms with E-state index < -0.39 is 0 Å². The van der Waals surface area contributed by atoms with Crippen LogP contribution in [0.3, 0.4) is 0 Å². The molecule has 68 valence electrons. The van der Waals surface area contributed by atoms with Gasteiger partial charge in [0.05, 0.1) is 18.4 Å². The van der Waals surface area contributed by atoms with Gasteiger partial charge in [-0.15, -0.1) is 10.2 Å². The first-order valence-electron chi connectivity index (χ1n) is 3.57. The van der Waals surface area contributed by atoms with Gasteiger partial charge in [0.1, 0.15) is 0 Å². The van der Waals surface area contributed by atoms with Crippen molar-refractivity contribution < 1.29 is 8.83 Å². The molecule has 0 saturated carbocycles. The Balaban J connectivity index is 2.41. The third kappa shape index (κ3) is 1.50. The topological polar surface area (TPSA) is 78.1 Å². The van der Waals surface area contributed by atoms with Crippen molar-refractivity contribution >= 4 is 15.9 Å². The second kappa shape index (κ2) is 3.31. The minimum Gasteiger partial charge on any atom is -0.457 e. The van der Waals surface area contributed by atoms with Crippen molar-refractivity contribution in [3.05, 3.63) is 22.9 Å². The van der Waals surface area contributed by atoms with Gasteiger partial charge in [0.2, 0.25) is 5.89 Å². The molecule has 0 amide bonds. The summed E-state index contributed by atoms with van der Waals surface area (Å²) < 4.78 is 10.8. The molecular weight excluding hydrogens is 238 g/mol. The number of aromatic nitrogens is 2. The first-order valence-corrected chi connectivity index (χ1v) is 4.36. The fourth-order valence-electron chi connectivity index (χ4n) is 0.891. The van der Waals surface area contributed by atoms with Crippen LogP contribution in [0.1, 0.15) is 5.89 Å². The van der Waals surface area contributed by atoms with Crippen molar-refractivity contribution in [3.8, 4) is 11.5 Å². The van der Waals surface area contributed by atoms with Gasteiger partial charge in [0.25, 0.3) is 5.89 Å². The molecule has 0 aliphatic heterocycles. The van der Waals surface area contributed by atoms with E-state index in [4.69, 9.17) is 14.6 Å². The van der Waals surface area contributed by atoms with E-state index in [1.165, 1.54) is 6.26 Å². The summed E-state index contributed by atoms with van der Waals surface area (Å²) in [6.07, 6.45) is 1.53. The van der Waals surface area contributed by atoms with Crippen LogP contribution >= 0.6 is 15.9 Å². The van der Waals surface area contributed by atoms with Gasteiger partial charge in [0.15, 0.2) is 4.67 Å². The number of nitrogens with zero attached hydrogens (tertiary/aromatic N) is 2. The predicted octanol–water partition coefficient (Wildman–Crippen LogP) is 1.55. The van der Waals surface area contributed by atoms with Gasteiger partial charge >= 0.3 is 0 Å². The number of furan rings is 1. The summed E-state index contributed by atoms with van der Waals surface area (Å²) in [6, 6.07) is 1.73. The fourth-order valence-corrected chi connectivity index (χ4v) is 1.30. The lowest BCUT2D eigenvalue weighted by molar-refractivity contribution is 0.504. The zero-order chi connectivity index (χ0) is 9.26. The largest absolute Gasteiger partial charge is 0.457 e. The maximum absolute atomic E-state index is 5.32. The molecule has 2 rings (SSSR count). The van der Waals surface area contributed by atoms with Gasteiger partial charge in [-0.25, -0.2) is 0 Å². The minimum atomic E-state index is 0.239. The van der Waals surface area contributed by atoms with Crippen molar-refractivity contribution in [2.75, 3.05) is 0 Å². The van der Waals surface area contributed by atoms with Crippen molar-refractivity contribution in [3.63, 3.8) is 0 Å². The maximum atomic E-state index is 5.32. The Hall–Kier alpha value is -1.14. The Morgan fingerprint density at radius 2 is 2.31 bits per heavy atom. The van der Waals surface area contributed by atoms with E-state index in [-0.39, 0.29) is 6.54 Å². The first kappa shape index (κ1) is 8.46.